The Hall–Kier alpha value is -0.130. The van der Waals surface area contributed by atoms with E-state index in [9.17, 15) is 8.42 Å². The standard InChI is InChI=1S/C13H26N2O2S/c1-2-8-14-9-11-18(16,17)15-10-4-6-12-5-3-7-13(12)15/h12-14H,2-11H2,1H3. The van der Waals surface area contributed by atoms with Crippen molar-refractivity contribution in [1.29, 1.82) is 0 Å². The van der Waals surface area contributed by atoms with Gasteiger partial charge in [0.1, 0.15) is 0 Å². The molecule has 5 heteroatoms. The second kappa shape index (κ2) is 6.35. The first-order valence-electron chi connectivity index (χ1n) is 7.35. The highest BCUT2D eigenvalue weighted by Gasteiger charge is 2.40. The van der Waals surface area contributed by atoms with Gasteiger partial charge in [-0.15, -0.1) is 0 Å². The van der Waals surface area contributed by atoms with Crippen LogP contribution < -0.4 is 5.32 Å². The molecule has 1 saturated heterocycles. The Kier molecular flexibility index (Phi) is 5.04. The third-order valence-electron chi connectivity index (χ3n) is 4.26. The molecule has 0 spiro atoms. The van der Waals surface area contributed by atoms with Gasteiger partial charge in [-0.1, -0.05) is 13.3 Å². The molecular formula is C13H26N2O2S. The minimum atomic E-state index is -3.05. The summed E-state index contributed by atoms with van der Waals surface area (Å²) in [5.41, 5.74) is 0. The molecule has 4 nitrogen and oxygen atoms in total. The summed E-state index contributed by atoms with van der Waals surface area (Å²) >= 11 is 0. The predicted octanol–water partition coefficient (Wildman–Crippen LogP) is 1.58. The normalized spacial score (nSPS) is 29.4. The molecule has 2 aliphatic rings. The van der Waals surface area contributed by atoms with E-state index in [1.54, 1.807) is 0 Å². The highest BCUT2D eigenvalue weighted by molar-refractivity contribution is 7.89. The lowest BCUT2D eigenvalue weighted by Crippen LogP contribution is -2.48. The molecule has 0 bridgehead atoms. The van der Waals surface area contributed by atoms with Crippen molar-refractivity contribution in [1.82, 2.24) is 9.62 Å². The lowest BCUT2D eigenvalue weighted by atomic mass is 9.94. The molecule has 18 heavy (non-hydrogen) atoms. The first kappa shape index (κ1) is 14.3. The Labute approximate surface area is 111 Å². The third-order valence-corrected chi connectivity index (χ3v) is 6.15. The topological polar surface area (TPSA) is 49.4 Å². The van der Waals surface area contributed by atoms with Crippen LogP contribution in [0.4, 0.5) is 0 Å². The van der Waals surface area contributed by atoms with Crippen molar-refractivity contribution in [3.05, 3.63) is 0 Å². The van der Waals surface area contributed by atoms with Crippen molar-refractivity contribution in [2.45, 2.75) is 51.5 Å². The molecule has 0 aromatic carbocycles. The van der Waals surface area contributed by atoms with Crippen LogP contribution in [-0.2, 0) is 10.0 Å². The van der Waals surface area contributed by atoms with E-state index in [2.05, 4.69) is 12.2 Å². The van der Waals surface area contributed by atoms with Gasteiger partial charge in [-0.05, 0) is 44.6 Å². The summed E-state index contributed by atoms with van der Waals surface area (Å²) in [7, 11) is -3.05. The summed E-state index contributed by atoms with van der Waals surface area (Å²) in [6.45, 7) is 4.33. The Bertz CT molecular complexity index is 356. The Morgan fingerprint density at radius 1 is 1.17 bits per heavy atom. The molecule has 0 amide bonds. The van der Waals surface area contributed by atoms with Crippen LogP contribution in [0.2, 0.25) is 0 Å². The zero-order chi connectivity index (χ0) is 13.0. The maximum Gasteiger partial charge on any atom is 0.215 e. The summed E-state index contributed by atoms with van der Waals surface area (Å²) < 4.78 is 26.6. The fraction of sp³-hybridized carbons (Fsp3) is 1.00. The average Bonchev–Trinajstić information content (AvgIpc) is 2.82. The van der Waals surface area contributed by atoms with E-state index in [0.717, 1.165) is 32.4 Å². The van der Waals surface area contributed by atoms with Crippen molar-refractivity contribution < 1.29 is 8.42 Å². The third kappa shape index (κ3) is 3.25. The molecular weight excluding hydrogens is 248 g/mol. The van der Waals surface area contributed by atoms with Crippen LogP contribution in [0, 0.1) is 5.92 Å². The molecule has 1 N–H and O–H groups in total. The van der Waals surface area contributed by atoms with Crippen LogP contribution in [0.1, 0.15) is 45.4 Å². The summed E-state index contributed by atoms with van der Waals surface area (Å²) in [6.07, 6.45) is 6.83. The molecule has 1 aliphatic heterocycles. The Morgan fingerprint density at radius 3 is 2.72 bits per heavy atom. The minimum absolute atomic E-state index is 0.260. The molecule has 1 saturated carbocycles. The number of nitrogens with zero attached hydrogens (tertiary/aromatic N) is 1. The van der Waals surface area contributed by atoms with Crippen molar-refractivity contribution >= 4 is 10.0 Å². The van der Waals surface area contributed by atoms with E-state index < -0.39 is 10.0 Å². The number of nitrogens with one attached hydrogen (secondary N) is 1. The SMILES string of the molecule is CCCNCCS(=O)(=O)N1CCCC2CCCC21. The number of fused-ring (bicyclic) bond motifs is 1. The molecule has 1 aliphatic carbocycles. The molecule has 0 aromatic rings. The van der Waals surface area contributed by atoms with E-state index in [1.165, 1.54) is 19.3 Å². The van der Waals surface area contributed by atoms with Gasteiger partial charge in [0.25, 0.3) is 0 Å². The zero-order valence-corrected chi connectivity index (χ0v) is 12.2. The van der Waals surface area contributed by atoms with Crippen LogP contribution in [0.25, 0.3) is 0 Å². The Balaban J connectivity index is 1.91. The summed E-state index contributed by atoms with van der Waals surface area (Å²) in [5.74, 6) is 0.896. The van der Waals surface area contributed by atoms with Gasteiger partial charge >= 0.3 is 0 Å². The van der Waals surface area contributed by atoms with Gasteiger partial charge in [0.15, 0.2) is 0 Å². The van der Waals surface area contributed by atoms with Crippen LogP contribution in [-0.4, -0.2) is 44.2 Å². The van der Waals surface area contributed by atoms with E-state index >= 15 is 0 Å². The molecule has 2 atom stereocenters. The second-order valence-electron chi connectivity index (χ2n) is 5.58. The van der Waals surface area contributed by atoms with Crippen molar-refractivity contribution in [2.24, 2.45) is 5.92 Å². The van der Waals surface area contributed by atoms with Crippen LogP contribution in [0.15, 0.2) is 0 Å². The maximum atomic E-state index is 12.4. The van der Waals surface area contributed by atoms with E-state index in [4.69, 9.17) is 0 Å². The van der Waals surface area contributed by atoms with Crippen molar-refractivity contribution in [2.75, 3.05) is 25.4 Å². The first-order valence-corrected chi connectivity index (χ1v) is 8.96. The number of hydrogen-bond acceptors (Lipinski definition) is 3. The van der Waals surface area contributed by atoms with Gasteiger partial charge in [0.05, 0.1) is 5.75 Å². The number of rotatable bonds is 6. The monoisotopic (exact) mass is 274 g/mol. The van der Waals surface area contributed by atoms with Gasteiger partial charge in [0, 0.05) is 19.1 Å². The zero-order valence-electron chi connectivity index (χ0n) is 11.4. The number of piperidine rings is 1. The van der Waals surface area contributed by atoms with Crippen LogP contribution >= 0.6 is 0 Å². The van der Waals surface area contributed by atoms with Gasteiger partial charge in [-0.25, -0.2) is 8.42 Å². The van der Waals surface area contributed by atoms with Crippen LogP contribution in [0.5, 0.6) is 0 Å². The smallest absolute Gasteiger partial charge is 0.215 e. The molecule has 2 unspecified atom stereocenters. The Morgan fingerprint density at radius 2 is 1.94 bits per heavy atom. The van der Waals surface area contributed by atoms with Gasteiger partial charge in [0.2, 0.25) is 10.0 Å². The van der Waals surface area contributed by atoms with Gasteiger partial charge < -0.3 is 5.32 Å². The molecule has 106 valence electrons. The lowest BCUT2D eigenvalue weighted by molar-refractivity contribution is 0.202. The fourth-order valence-electron chi connectivity index (χ4n) is 3.37. The van der Waals surface area contributed by atoms with Crippen molar-refractivity contribution in [3.63, 3.8) is 0 Å². The number of hydrogen-bond donors (Lipinski definition) is 1. The number of sulfonamides is 1. The fourth-order valence-corrected chi connectivity index (χ4v) is 5.11. The summed E-state index contributed by atoms with van der Waals surface area (Å²) in [4.78, 5) is 0. The van der Waals surface area contributed by atoms with E-state index in [-0.39, 0.29) is 5.75 Å². The van der Waals surface area contributed by atoms with E-state index in [0.29, 0.717) is 18.5 Å². The molecule has 2 rings (SSSR count). The largest absolute Gasteiger partial charge is 0.316 e. The van der Waals surface area contributed by atoms with Crippen LogP contribution in [0.3, 0.4) is 0 Å². The van der Waals surface area contributed by atoms with Gasteiger partial charge in [-0.2, -0.15) is 4.31 Å². The molecule has 0 aromatic heterocycles. The first-order chi connectivity index (χ1) is 8.65. The second-order valence-corrected chi connectivity index (χ2v) is 7.62. The highest BCUT2D eigenvalue weighted by Crippen LogP contribution is 2.38. The summed E-state index contributed by atoms with van der Waals surface area (Å²) in [5, 5.41) is 3.18. The summed E-state index contributed by atoms with van der Waals surface area (Å²) in [6, 6.07) is 0.315. The lowest BCUT2D eigenvalue weighted by Gasteiger charge is -2.36. The minimum Gasteiger partial charge on any atom is -0.316 e. The molecule has 2 fully saturated rings. The maximum absolute atomic E-state index is 12.4. The quantitative estimate of drug-likeness (QED) is 0.748. The van der Waals surface area contributed by atoms with E-state index in [1.807, 2.05) is 4.31 Å². The van der Waals surface area contributed by atoms with Crippen molar-refractivity contribution in [3.8, 4) is 0 Å². The molecule has 0 radical (unpaired) electrons. The highest BCUT2D eigenvalue weighted by atomic mass is 32.2. The molecule has 1 heterocycles. The average molecular weight is 274 g/mol. The predicted molar refractivity (Wildman–Crippen MR) is 74.0 cm³/mol. The van der Waals surface area contributed by atoms with Gasteiger partial charge in [-0.3, -0.25) is 0 Å².